The topological polar surface area (TPSA) is 9.23 Å². The van der Waals surface area contributed by atoms with Crippen molar-refractivity contribution in [3.8, 4) is 0 Å². The van der Waals surface area contributed by atoms with Crippen LogP contribution in [0.25, 0.3) is 0 Å². The summed E-state index contributed by atoms with van der Waals surface area (Å²) in [5.41, 5.74) is 0.324. The fourth-order valence-corrected chi connectivity index (χ4v) is 2.62. The lowest BCUT2D eigenvalue weighted by atomic mass is 9.93. The molecule has 0 saturated carbocycles. The third kappa shape index (κ3) is 3.48. The summed E-state index contributed by atoms with van der Waals surface area (Å²) in [6.07, 6.45) is -2.57. The second kappa shape index (κ2) is 5.61. The molecule has 0 bridgehead atoms. The molecule has 1 aromatic carbocycles. The van der Waals surface area contributed by atoms with E-state index in [1.54, 1.807) is 12.1 Å². The summed E-state index contributed by atoms with van der Waals surface area (Å²) in [5.74, 6) is 0.329. The van der Waals surface area contributed by atoms with E-state index in [4.69, 9.17) is 4.74 Å². The van der Waals surface area contributed by atoms with Gasteiger partial charge in [0.05, 0.1) is 12.2 Å². The third-order valence-electron chi connectivity index (χ3n) is 3.16. The molecular formula is C13H14BrF3O. The Bertz CT molecular complexity index is 388. The van der Waals surface area contributed by atoms with Gasteiger partial charge in [-0.1, -0.05) is 28.1 Å². The van der Waals surface area contributed by atoms with Gasteiger partial charge < -0.3 is 4.74 Å². The number of halogens is 4. The molecule has 1 fully saturated rings. The summed E-state index contributed by atoms with van der Waals surface area (Å²) in [7, 11) is 0. The van der Waals surface area contributed by atoms with Gasteiger partial charge in [-0.25, -0.2) is 0 Å². The fourth-order valence-electron chi connectivity index (χ4n) is 2.09. The SMILES string of the molecule is FC(F)(F)c1ccc(CC2COCCC2Br)cc1. The molecular weight excluding hydrogens is 309 g/mol. The number of alkyl halides is 4. The van der Waals surface area contributed by atoms with Crippen LogP contribution in [0.4, 0.5) is 13.2 Å². The van der Waals surface area contributed by atoms with Gasteiger partial charge in [0.15, 0.2) is 0 Å². The van der Waals surface area contributed by atoms with E-state index in [2.05, 4.69) is 15.9 Å². The summed E-state index contributed by atoms with van der Waals surface area (Å²) in [5, 5.41) is 0. The zero-order valence-electron chi connectivity index (χ0n) is 9.71. The van der Waals surface area contributed by atoms with Gasteiger partial charge in [0.2, 0.25) is 0 Å². The van der Waals surface area contributed by atoms with Crippen molar-refractivity contribution in [2.45, 2.75) is 23.8 Å². The molecule has 2 unspecified atom stereocenters. The molecule has 1 saturated heterocycles. The van der Waals surface area contributed by atoms with Crippen LogP contribution in [0.5, 0.6) is 0 Å². The molecule has 1 nitrogen and oxygen atoms in total. The number of benzene rings is 1. The molecule has 0 radical (unpaired) electrons. The van der Waals surface area contributed by atoms with E-state index < -0.39 is 11.7 Å². The predicted molar refractivity (Wildman–Crippen MR) is 66.8 cm³/mol. The van der Waals surface area contributed by atoms with Crippen LogP contribution in [-0.2, 0) is 17.3 Å². The van der Waals surface area contributed by atoms with Crippen molar-refractivity contribution >= 4 is 15.9 Å². The molecule has 1 aliphatic rings. The Balaban J connectivity index is 2.02. The van der Waals surface area contributed by atoms with Crippen LogP contribution in [0.2, 0.25) is 0 Å². The van der Waals surface area contributed by atoms with Gasteiger partial charge in [-0.05, 0) is 36.5 Å². The van der Waals surface area contributed by atoms with E-state index in [0.717, 1.165) is 37.1 Å². The lowest BCUT2D eigenvalue weighted by Gasteiger charge is -2.27. The van der Waals surface area contributed by atoms with Crippen molar-refractivity contribution in [3.63, 3.8) is 0 Å². The monoisotopic (exact) mass is 322 g/mol. The number of rotatable bonds is 2. The first-order valence-corrected chi connectivity index (χ1v) is 6.76. The Morgan fingerprint density at radius 1 is 1.22 bits per heavy atom. The summed E-state index contributed by atoms with van der Waals surface area (Å²) in [6.45, 7) is 1.41. The minimum atomic E-state index is -4.26. The molecule has 0 aliphatic carbocycles. The standard InChI is InChI=1S/C13H14BrF3O/c14-12-5-6-18-8-10(12)7-9-1-3-11(4-2-9)13(15,16)17/h1-4,10,12H,5-8H2. The maximum absolute atomic E-state index is 12.4. The highest BCUT2D eigenvalue weighted by Gasteiger charge is 2.30. The molecule has 5 heteroatoms. The van der Waals surface area contributed by atoms with Crippen LogP contribution < -0.4 is 0 Å². The highest BCUT2D eigenvalue weighted by atomic mass is 79.9. The van der Waals surface area contributed by atoms with Gasteiger partial charge in [-0.2, -0.15) is 13.2 Å². The van der Waals surface area contributed by atoms with Crippen molar-refractivity contribution in [1.82, 2.24) is 0 Å². The molecule has 2 atom stereocenters. The zero-order chi connectivity index (χ0) is 13.2. The van der Waals surface area contributed by atoms with Gasteiger partial charge in [0.1, 0.15) is 0 Å². The van der Waals surface area contributed by atoms with Gasteiger partial charge in [0.25, 0.3) is 0 Å². The molecule has 1 aliphatic heterocycles. The summed E-state index contributed by atoms with van der Waals surface area (Å²) in [6, 6.07) is 5.39. The summed E-state index contributed by atoms with van der Waals surface area (Å²) >= 11 is 3.60. The van der Waals surface area contributed by atoms with E-state index >= 15 is 0 Å². The zero-order valence-corrected chi connectivity index (χ0v) is 11.3. The quantitative estimate of drug-likeness (QED) is 0.746. The van der Waals surface area contributed by atoms with Crippen LogP contribution in [0.15, 0.2) is 24.3 Å². The smallest absolute Gasteiger partial charge is 0.381 e. The predicted octanol–water partition coefficient (Wildman–Crippen LogP) is 4.05. The Hall–Kier alpha value is -0.550. The Morgan fingerprint density at radius 2 is 1.89 bits per heavy atom. The van der Waals surface area contributed by atoms with E-state index in [1.807, 2.05) is 0 Å². The average molecular weight is 323 g/mol. The van der Waals surface area contributed by atoms with Crippen molar-refractivity contribution in [2.75, 3.05) is 13.2 Å². The van der Waals surface area contributed by atoms with Crippen molar-refractivity contribution in [1.29, 1.82) is 0 Å². The van der Waals surface area contributed by atoms with Gasteiger partial charge in [-0.3, -0.25) is 0 Å². The molecule has 0 N–H and O–H groups in total. The van der Waals surface area contributed by atoms with E-state index in [0.29, 0.717) is 17.4 Å². The van der Waals surface area contributed by atoms with Crippen LogP contribution in [0.3, 0.4) is 0 Å². The van der Waals surface area contributed by atoms with Crippen molar-refractivity contribution in [2.24, 2.45) is 5.92 Å². The first kappa shape index (κ1) is 13.9. The second-order valence-corrected chi connectivity index (χ2v) is 5.71. The van der Waals surface area contributed by atoms with E-state index in [9.17, 15) is 13.2 Å². The molecule has 1 heterocycles. The molecule has 1 aromatic rings. The van der Waals surface area contributed by atoms with Gasteiger partial charge in [-0.15, -0.1) is 0 Å². The molecule has 0 aromatic heterocycles. The Morgan fingerprint density at radius 3 is 2.44 bits per heavy atom. The Labute approximate surface area is 112 Å². The van der Waals surface area contributed by atoms with Gasteiger partial charge in [0, 0.05) is 11.4 Å². The van der Waals surface area contributed by atoms with Crippen molar-refractivity contribution in [3.05, 3.63) is 35.4 Å². The van der Waals surface area contributed by atoms with Crippen LogP contribution in [0, 0.1) is 5.92 Å². The third-order valence-corrected chi connectivity index (χ3v) is 4.37. The minimum Gasteiger partial charge on any atom is -0.381 e. The number of hydrogen-bond acceptors (Lipinski definition) is 1. The van der Waals surface area contributed by atoms with E-state index in [1.165, 1.54) is 0 Å². The molecule has 100 valence electrons. The van der Waals surface area contributed by atoms with E-state index in [-0.39, 0.29) is 0 Å². The Kier molecular flexibility index (Phi) is 4.33. The first-order valence-electron chi connectivity index (χ1n) is 5.85. The molecule has 2 rings (SSSR count). The molecule has 0 spiro atoms. The number of hydrogen-bond donors (Lipinski definition) is 0. The minimum absolute atomic E-state index is 0.329. The highest BCUT2D eigenvalue weighted by molar-refractivity contribution is 9.09. The molecule has 18 heavy (non-hydrogen) atoms. The largest absolute Gasteiger partial charge is 0.416 e. The lowest BCUT2D eigenvalue weighted by molar-refractivity contribution is -0.137. The fraction of sp³-hybridized carbons (Fsp3) is 0.538. The maximum atomic E-state index is 12.4. The number of ether oxygens (including phenoxy) is 1. The summed E-state index contributed by atoms with van der Waals surface area (Å²) in [4.78, 5) is 0.383. The van der Waals surface area contributed by atoms with Crippen LogP contribution in [-0.4, -0.2) is 18.0 Å². The highest BCUT2D eigenvalue weighted by Crippen LogP contribution is 2.30. The van der Waals surface area contributed by atoms with Crippen LogP contribution in [0.1, 0.15) is 17.5 Å². The maximum Gasteiger partial charge on any atom is 0.416 e. The average Bonchev–Trinajstić information content (AvgIpc) is 2.32. The molecule has 0 amide bonds. The summed E-state index contributed by atoms with van der Waals surface area (Å²) < 4.78 is 42.6. The second-order valence-electron chi connectivity index (χ2n) is 4.54. The lowest BCUT2D eigenvalue weighted by Crippen LogP contribution is -2.29. The first-order chi connectivity index (χ1) is 8.47. The van der Waals surface area contributed by atoms with Crippen molar-refractivity contribution < 1.29 is 17.9 Å². The van der Waals surface area contributed by atoms with Gasteiger partial charge >= 0.3 is 6.18 Å². The normalized spacial score (nSPS) is 25.1. The van der Waals surface area contributed by atoms with Crippen LogP contribution >= 0.6 is 15.9 Å².